The summed E-state index contributed by atoms with van der Waals surface area (Å²) in [5, 5.41) is 4.61. The summed E-state index contributed by atoms with van der Waals surface area (Å²) in [5.41, 5.74) is 1.45. The van der Waals surface area contributed by atoms with Crippen LogP contribution < -0.4 is 5.32 Å². The van der Waals surface area contributed by atoms with Gasteiger partial charge in [0.1, 0.15) is 0 Å². The van der Waals surface area contributed by atoms with Gasteiger partial charge in [-0.15, -0.1) is 0 Å². The highest BCUT2D eigenvalue weighted by atomic mass is 32.2. The lowest BCUT2D eigenvalue weighted by Gasteiger charge is -2.33. The summed E-state index contributed by atoms with van der Waals surface area (Å²) < 4.78 is 0. The van der Waals surface area contributed by atoms with Crippen LogP contribution in [0.4, 0.5) is 0 Å². The SMILES string of the molecule is CCSC1CCCC1N1CCCNC(c2ccccc2)C1. The Morgan fingerprint density at radius 2 is 2.05 bits per heavy atom. The maximum Gasteiger partial charge on any atom is 0.0449 e. The number of benzene rings is 1. The number of nitrogens with one attached hydrogen (secondary N) is 1. The van der Waals surface area contributed by atoms with Gasteiger partial charge in [0, 0.05) is 23.9 Å². The van der Waals surface area contributed by atoms with Crippen LogP contribution in [0, 0.1) is 0 Å². The highest BCUT2D eigenvalue weighted by Gasteiger charge is 2.33. The van der Waals surface area contributed by atoms with E-state index in [1.165, 1.54) is 50.1 Å². The van der Waals surface area contributed by atoms with Crippen LogP contribution >= 0.6 is 11.8 Å². The smallest absolute Gasteiger partial charge is 0.0449 e. The molecule has 0 aromatic heterocycles. The molecule has 21 heavy (non-hydrogen) atoms. The Balaban J connectivity index is 1.70. The van der Waals surface area contributed by atoms with Crippen molar-refractivity contribution in [3.05, 3.63) is 35.9 Å². The average Bonchev–Trinajstić information content (AvgIpc) is 2.84. The highest BCUT2D eigenvalue weighted by molar-refractivity contribution is 7.99. The monoisotopic (exact) mass is 304 g/mol. The first-order valence-electron chi connectivity index (χ1n) is 8.52. The third-order valence-corrected chi connectivity index (χ3v) is 6.21. The normalized spacial score (nSPS) is 31.2. The van der Waals surface area contributed by atoms with E-state index in [1.54, 1.807) is 0 Å². The van der Waals surface area contributed by atoms with E-state index in [9.17, 15) is 0 Å². The van der Waals surface area contributed by atoms with Gasteiger partial charge in [-0.05, 0) is 43.7 Å². The molecule has 0 radical (unpaired) electrons. The largest absolute Gasteiger partial charge is 0.309 e. The Labute approximate surface area is 133 Å². The molecule has 1 saturated carbocycles. The minimum atomic E-state index is 0.501. The van der Waals surface area contributed by atoms with Gasteiger partial charge in [-0.1, -0.05) is 43.7 Å². The van der Waals surface area contributed by atoms with Crippen LogP contribution in [-0.4, -0.2) is 41.6 Å². The summed E-state index contributed by atoms with van der Waals surface area (Å²) in [5.74, 6) is 1.26. The first-order valence-corrected chi connectivity index (χ1v) is 9.57. The van der Waals surface area contributed by atoms with E-state index in [0.717, 1.165) is 17.8 Å². The Hall–Kier alpha value is -0.510. The summed E-state index contributed by atoms with van der Waals surface area (Å²) in [6.07, 6.45) is 5.52. The summed E-state index contributed by atoms with van der Waals surface area (Å²) >= 11 is 2.18. The van der Waals surface area contributed by atoms with Gasteiger partial charge in [0.05, 0.1) is 0 Å². The molecule has 2 aliphatic rings. The molecule has 3 heteroatoms. The molecule has 0 spiro atoms. The quantitative estimate of drug-likeness (QED) is 0.913. The van der Waals surface area contributed by atoms with Crippen molar-refractivity contribution in [2.45, 2.75) is 49.9 Å². The van der Waals surface area contributed by atoms with Crippen LogP contribution in [0.5, 0.6) is 0 Å². The number of rotatable bonds is 4. The maximum absolute atomic E-state index is 3.75. The zero-order chi connectivity index (χ0) is 14.5. The first kappa shape index (κ1) is 15.4. The summed E-state index contributed by atoms with van der Waals surface area (Å²) in [4.78, 5) is 2.79. The third kappa shape index (κ3) is 3.82. The van der Waals surface area contributed by atoms with Gasteiger partial charge in [-0.2, -0.15) is 11.8 Å². The van der Waals surface area contributed by atoms with Gasteiger partial charge in [0.15, 0.2) is 0 Å². The second-order valence-corrected chi connectivity index (χ2v) is 7.77. The molecule has 1 aromatic carbocycles. The lowest BCUT2D eigenvalue weighted by Crippen LogP contribution is -2.42. The molecule has 1 saturated heterocycles. The minimum Gasteiger partial charge on any atom is -0.309 e. The standard InChI is InChI=1S/C18H28N2S/c1-2-21-18-11-6-10-17(18)20-13-7-12-19-16(14-20)15-8-4-3-5-9-15/h3-5,8-9,16-19H,2,6-7,10-14H2,1H3. The van der Waals surface area contributed by atoms with Gasteiger partial charge in [0.2, 0.25) is 0 Å². The van der Waals surface area contributed by atoms with E-state index in [1.807, 2.05) is 0 Å². The van der Waals surface area contributed by atoms with Gasteiger partial charge in [0.25, 0.3) is 0 Å². The van der Waals surface area contributed by atoms with Gasteiger partial charge < -0.3 is 5.32 Å². The van der Waals surface area contributed by atoms with Crippen molar-refractivity contribution in [1.29, 1.82) is 0 Å². The topological polar surface area (TPSA) is 15.3 Å². The van der Waals surface area contributed by atoms with E-state index >= 15 is 0 Å². The summed E-state index contributed by atoms with van der Waals surface area (Å²) in [6.45, 7) is 5.89. The van der Waals surface area contributed by atoms with Gasteiger partial charge in [-0.3, -0.25) is 4.90 Å². The molecule has 1 N–H and O–H groups in total. The molecule has 2 fully saturated rings. The van der Waals surface area contributed by atoms with E-state index in [2.05, 4.69) is 59.2 Å². The minimum absolute atomic E-state index is 0.501. The number of nitrogens with zero attached hydrogens (tertiary/aromatic N) is 1. The van der Waals surface area contributed by atoms with E-state index in [4.69, 9.17) is 0 Å². The van der Waals surface area contributed by atoms with Crippen molar-refractivity contribution >= 4 is 11.8 Å². The fraction of sp³-hybridized carbons (Fsp3) is 0.667. The Bertz CT molecular complexity index is 422. The van der Waals surface area contributed by atoms with E-state index in [0.29, 0.717) is 6.04 Å². The van der Waals surface area contributed by atoms with Gasteiger partial charge in [-0.25, -0.2) is 0 Å². The van der Waals surface area contributed by atoms with Crippen molar-refractivity contribution in [3.8, 4) is 0 Å². The lowest BCUT2D eigenvalue weighted by atomic mass is 10.1. The average molecular weight is 305 g/mol. The van der Waals surface area contributed by atoms with E-state index in [-0.39, 0.29) is 0 Å². The van der Waals surface area contributed by atoms with Crippen molar-refractivity contribution < 1.29 is 0 Å². The van der Waals surface area contributed by atoms with Crippen LogP contribution in [-0.2, 0) is 0 Å². The van der Waals surface area contributed by atoms with Crippen LogP contribution in [0.1, 0.15) is 44.2 Å². The lowest BCUT2D eigenvalue weighted by molar-refractivity contribution is 0.199. The Morgan fingerprint density at radius 3 is 2.86 bits per heavy atom. The molecular weight excluding hydrogens is 276 g/mol. The molecule has 1 aliphatic carbocycles. The molecule has 1 heterocycles. The number of hydrogen-bond acceptors (Lipinski definition) is 3. The molecule has 3 atom stereocenters. The van der Waals surface area contributed by atoms with Crippen molar-refractivity contribution in [1.82, 2.24) is 10.2 Å². The Kier molecular flexibility index (Phi) is 5.61. The zero-order valence-corrected chi connectivity index (χ0v) is 13.9. The second kappa shape index (κ2) is 7.66. The predicted octanol–water partition coefficient (Wildman–Crippen LogP) is 3.70. The van der Waals surface area contributed by atoms with Crippen molar-refractivity contribution in [2.75, 3.05) is 25.4 Å². The van der Waals surface area contributed by atoms with Crippen LogP contribution in [0.15, 0.2) is 30.3 Å². The summed E-state index contributed by atoms with van der Waals surface area (Å²) in [7, 11) is 0. The van der Waals surface area contributed by atoms with Crippen LogP contribution in [0.25, 0.3) is 0 Å². The van der Waals surface area contributed by atoms with Crippen LogP contribution in [0.2, 0.25) is 0 Å². The molecule has 1 aromatic rings. The zero-order valence-electron chi connectivity index (χ0n) is 13.1. The third-order valence-electron chi connectivity index (χ3n) is 4.90. The van der Waals surface area contributed by atoms with Gasteiger partial charge >= 0.3 is 0 Å². The maximum atomic E-state index is 3.75. The number of hydrogen-bond donors (Lipinski definition) is 1. The predicted molar refractivity (Wildman–Crippen MR) is 92.9 cm³/mol. The van der Waals surface area contributed by atoms with Crippen molar-refractivity contribution in [2.24, 2.45) is 0 Å². The van der Waals surface area contributed by atoms with Crippen molar-refractivity contribution in [3.63, 3.8) is 0 Å². The van der Waals surface area contributed by atoms with E-state index < -0.39 is 0 Å². The molecular formula is C18H28N2S. The molecule has 0 bridgehead atoms. The second-order valence-electron chi connectivity index (χ2n) is 6.26. The first-order chi connectivity index (χ1) is 10.4. The number of thioether (sulfide) groups is 1. The molecule has 0 amide bonds. The molecule has 2 nitrogen and oxygen atoms in total. The van der Waals surface area contributed by atoms with Crippen LogP contribution in [0.3, 0.4) is 0 Å². The molecule has 3 rings (SSSR count). The highest BCUT2D eigenvalue weighted by Crippen LogP contribution is 2.34. The molecule has 1 aliphatic heterocycles. The fourth-order valence-electron chi connectivity index (χ4n) is 3.89. The summed E-state index contributed by atoms with van der Waals surface area (Å²) in [6, 6.07) is 12.3. The molecule has 116 valence electrons. The Morgan fingerprint density at radius 1 is 1.19 bits per heavy atom. The molecule has 3 unspecified atom stereocenters. The fourth-order valence-corrected chi connectivity index (χ4v) is 5.18.